The molecule has 1 saturated carbocycles. The lowest BCUT2D eigenvalue weighted by Gasteiger charge is -2.28. The van der Waals surface area contributed by atoms with E-state index in [0.29, 0.717) is 5.75 Å². The Balaban J connectivity index is 2.15. The highest BCUT2D eigenvalue weighted by Crippen LogP contribution is 2.39. The van der Waals surface area contributed by atoms with Gasteiger partial charge in [0.05, 0.1) is 24.8 Å². The van der Waals surface area contributed by atoms with Crippen molar-refractivity contribution in [3.63, 3.8) is 0 Å². The molecule has 2 N–H and O–H groups in total. The van der Waals surface area contributed by atoms with Crippen LogP contribution in [-0.2, 0) is 0 Å². The Morgan fingerprint density at radius 1 is 1.58 bits per heavy atom. The number of benzene rings is 1. The molecule has 1 atom stereocenters. The molecule has 19 heavy (non-hydrogen) atoms. The van der Waals surface area contributed by atoms with E-state index >= 15 is 0 Å². The SMILES string of the molecule is COc1ccc(C(=O)NC(C)(CO)C2CC2)c(F)c1. The van der Waals surface area contributed by atoms with Crippen molar-refractivity contribution < 1.29 is 19.0 Å². The van der Waals surface area contributed by atoms with E-state index in [1.54, 1.807) is 6.92 Å². The summed E-state index contributed by atoms with van der Waals surface area (Å²) >= 11 is 0. The fourth-order valence-corrected chi connectivity index (χ4v) is 2.12. The lowest BCUT2D eigenvalue weighted by Crippen LogP contribution is -2.50. The van der Waals surface area contributed by atoms with E-state index in [-0.39, 0.29) is 18.1 Å². The summed E-state index contributed by atoms with van der Waals surface area (Å²) < 4.78 is 18.7. The summed E-state index contributed by atoms with van der Waals surface area (Å²) in [6.07, 6.45) is 1.95. The molecule has 4 nitrogen and oxygen atoms in total. The maximum absolute atomic E-state index is 13.8. The molecule has 1 unspecified atom stereocenters. The Kier molecular flexibility index (Phi) is 3.75. The molecule has 0 bridgehead atoms. The maximum Gasteiger partial charge on any atom is 0.254 e. The molecule has 0 radical (unpaired) electrons. The van der Waals surface area contributed by atoms with Gasteiger partial charge in [0.15, 0.2) is 0 Å². The molecule has 1 amide bonds. The van der Waals surface area contributed by atoms with Crippen LogP contribution in [0.3, 0.4) is 0 Å². The molecule has 0 saturated heterocycles. The monoisotopic (exact) mass is 267 g/mol. The van der Waals surface area contributed by atoms with Crippen molar-refractivity contribution in [2.75, 3.05) is 13.7 Å². The molecule has 2 rings (SSSR count). The number of nitrogens with one attached hydrogen (secondary N) is 1. The van der Waals surface area contributed by atoms with Crippen molar-refractivity contribution in [1.29, 1.82) is 0 Å². The first kappa shape index (κ1) is 13.8. The first-order chi connectivity index (χ1) is 9.00. The van der Waals surface area contributed by atoms with Gasteiger partial charge >= 0.3 is 0 Å². The van der Waals surface area contributed by atoms with Gasteiger partial charge in [-0.2, -0.15) is 0 Å². The summed E-state index contributed by atoms with van der Waals surface area (Å²) in [4.78, 5) is 12.1. The van der Waals surface area contributed by atoms with Gasteiger partial charge in [-0.05, 0) is 37.8 Å². The van der Waals surface area contributed by atoms with Crippen molar-refractivity contribution >= 4 is 5.91 Å². The van der Waals surface area contributed by atoms with Crippen LogP contribution in [0.5, 0.6) is 5.75 Å². The van der Waals surface area contributed by atoms with E-state index in [2.05, 4.69) is 5.32 Å². The van der Waals surface area contributed by atoms with Gasteiger partial charge in [0.25, 0.3) is 5.91 Å². The summed E-state index contributed by atoms with van der Waals surface area (Å²) in [5.41, 5.74) is -0.718. The number of carbonyl (C=O) groups is 1. The highest BCUT2D eigenvalue weighted by Gasteiger charge is 2.42. The van der Waals surface area contributed by atoms with Crippen molar-refractivity contribution in [3.8, 4) is 5.75 Å². The molecule has 1 fully saturated rings. The van der Waals surface area contributed by atoms with Crippen molar-refractivity contribution in [1.82, 2.24) is 5.32 Å². The highest BCUT2D eigenvalue weighted by atomic mass is 19.1. The normalized spacial score (nSPS) is 17.7. The molecule has 0 aliphatic heterocycles. The van der Waals surface area contributed by atoms with E-state index in [4.69, 9.17) is 4.74 Å². The van der Waals surface area contributed by atoms with Crippen LogP contribution in [0.15, 0.2) is 18.2 Å². The Bertz CT molecular complexity index is 488. The molecule has 0 spiro atoms. The van der Waals surface area contributed by atoms with Crippen LogP contribution in [0.2, 0.25) is 0 Å². The second-order valence-electron chi connectivity index (χ2n) is 5.15. The van der Waals surface area contributed by atoms with Gasteiger partial charge in [-0.3, -0.25) is 4.79 Å². The number of hydrogen-bond donors (Lipinski definition) is 2. The number of carbonyl (C=O) groups excluding carboxylic acids is 1. The number of methoxy groups -OCH3 is 1. The van der Waals surface area contributed by atoms with Crippen LogP contribution in [0, 0.1) is 11.7 Å². The van der Waals surface area contributed by atoms with E-state index in [1.165, 1.54) is 25.3 Å². The molecule has 1 aromatic carbocycles. The van der Waals surface area contributed by atoms with Gasteiger partial charge < -0.3 is 15.2 Å². The quantitative estimate of drug-likeness (QED) is 0.854. The average Bonchev–Trinajstić information content (AvgIpc) is 3.22. The number of amides is 1. The highest BCUT2D eigenvalue weighted by molar-refractivity contribution is 5.95. The van der Waals surface area contributed by atoms with Crippen LogP contribution in [0.4, 0.5) is 4.39 Å². The lowest BCUT2D eigenvalue weighted by molar-refractivity contribution is 0.0820. The van der Waals surface area contributed by atoms with Gasteiger partial charge in [-0.1, -0.05) is 0 Å². The molecular formula is C14H18FNO3. The average molecular weight is 267 g/mol. The topological polar surface area (TPSA) is 58.6 Å². The lowest BCUT2D eigenvalue weighted by atomic mass is 9.96. The molecule has 1 aliphatic carbocycles. The number of aliphatic hydroxyl groups is 1. The predicted octanol–water partition coefficient (Wildman–Crippen LogP) is 1.73. The first-order valence-electron chi connectivity index (χ1n) is 6.27. The summed E-state index contributed by atoms with van der Waals surface area (Å²) in [5, 5.41) is 12.1. The zero-order valence-corrected chi connectivity index (χ0v) is 11.1. The Hall–Kier alpha value is -1.62. The summed E-state index contributed by atoms with van der Waals surface area (Å²) in [5.74, 6) is -0.513. The van der Waals surface area contributed by atoms with Gasteiger partial charge in [0.2, 0.25) is 0 Å². The minimum atomic E-state index is -0.677. The van der Waals surface area contributed by atoms with Crippen molar-refractivity contribution in [2.24, 2.45) is 5.92 Å². The maximum atomic E-state index is 13.8. The molecule has 0 aromatic heterocycles. The third-order valence-electron chi connectivity index (χ3n) is 3.63. The fraction of sp³-hybridized carbons (Fsp3) is 0.500. The summed E-state index contributed by atoms with van der Waals surface area (Å²) in [6.45, 7) is 1.63. The van der Waals surface area contributed by atoms with Crippen molar-refractivity contribution in [2.45, 2.75) is 25.3 Å². The molecule has 104 valence electrons. The molecule has 5 heteroatoms. The van der Waals surface area contributed by atoms with Crippen LogP contribution >= 0.6 is 0 Å². The number of hydrogen-bond acceptors (Lipinski definition) is 3. The van der Waals surface area contributed by atoms with Crippen molar-refractivity contribution in [3.05, 3.63) is 29.6 Å². The predicted molar refractivity (Wildman–Crippen MR) is 68.6 cm³/mol. The second kappa shape index (κ2) is 5.17. The van der Waals surface area contributed by atoms with E-state index in [1.807, 2.05) is 0 Å². The number of aliphatic hydroxyl groups excluding tert-OH is 1. The molecular weight excluding hydrogens is 249 g/mol. The van der Waals surface area contributed by atoms with E-state index in [0.717, 1.165) is 12.8 Å². The van der Waals surface area contributed by atoms with Gasteiger partial charge in [0.1, 0.15) is 11.6 Å². The minimum absolute atomic E-state index is 0.0406. The second-order valence-corrected chi connectivity index (χ2v) is 5.15. The number of ether oxygens (including phenoxy) is 1. The molecule has 0 heterocycles. The Morgan fingerprint density at radius 2 is 2.26 bits per heavy atom. The smallest absolute Gasteiger partial charge is 0.254 e. The van der Waals surface area contributed by atoms with E-state index < -0.39 is 17.3 Å². The van der Waals surface area contributed by atoms with Crippen LogP contribution in [0.1, 0.15) is 30.1 Å². The summed E-state index contributed by atoms with van der Waals surface area (Å²) in [6, 6.07) is 4.09. The third-order valence-corrected chi connectivity index (χ3v) is 3.63. The number of rotatable bonds is 5. The first-order valence-corrected chi connectivity index (χ1v) is 6.27. The molecule has 1 aliphatic rings. The van der Waals surface area contributed by atoms with Gasteiger partial charge in [-0.25, -0.2) is 4.39 Å². The standard InChI is InChI=1S/C14H18FNO3/c1-14(8-17,9-3-4-9)16-13(18)11-6-5-10(19-2)7-12(11)15/h5-7,9,17H,3-4,8H2,1-2H3,(H,16,18). The van der Waals surface area contributed by atoms with Crippen LogP contribution in [0.25, 0.3) is 0 Å². The van der Waals surface area contributed by atoms with Crippen LogP contribution < -0.4 is 10.1 Å². The number of halogens is 1. The third kappa shape index (κ3) is 2.87. The zero-order valence-electron chi connectivity index (χ0n) is 11.1. The van der Waals surface area contributed by atoms with Gasteiger partial charge in [0, 0.05) is 6.07 Å². The van der Waals surface area contributed by atoms with Crippen LogP contribution in [-0.4, -0.2) is 30.3 Å². The van der Waals surface area contributed by atoms with E-state index in [9.17, 15) is 14.3 Å². The zero-order chi connectivity index (χ0) is 14.0. The summed E-state index contributed by atoms with van der Waals surface area (Å²) in [7, 11) is 1.43. The minimum Gasteiger partial charge on any atom is -0.497 e. The largest absolute Gasteiger partial charge is 0.497 e. The Morgan fingerprint density at radius 3 is 2.74 bits per heavy atom. The molecule has 1 aromatic rings. The van der Waals surface area contributed by atoms with Gasteiger partial charge in [-0.15, -0.1) is 0 Å². The Labute approximate surface area is 111 Å². The fourth-order valence-electron chi connectivity index (χ4n) is 2.12.